The molecule has 0 aliphatic carbocycles. The van der Waals surface area contributed by atoms with Crippen molar-refractivity contribution in [1.29, 1.82) is 0 Å². The molecule has 2 aliphatic heterocycles. The lowest BCUT2D eigenvalue weighted by Gasteiger charge is -2.24. The first kappa shape index (κ1) is 17.1. The van der Waals surface area contributed by atoms with Crippen LogP contribution in [-0.2, 0) is 21.2 Å². The predicted molar refractivity (Wildman–Crippen MR) is 94.0 cm³/mol. The third kappa shape index (κ3) is 3.68. The van der Waals surface area contributed by atoms with E-state index in [0.717, 1.165) is 5.56 Å². The van der Waals surface area contributed by atoms with Gasteiger partial charge in [-0.05, 0) is 11.6 Å². The molecule has 0 aromatic heterocycles. The van der Waals surface area contributed by atoms with Gasteiger partial charge in [-0.25, -0.2) is 8.42 Å². The Labute approximate surface area is 149 Å². The van der Waals surface area contributed by atoms with E-state index in [4.69, 9.17) is 23.2 Å². The Morgan fingerprint density at radius 2 is 2.09 bits per heavy atom. The van der Waals surface area contributed by atoms with Crippen LogP contribution < -0.4 is 0 Å². The summed E-state index contributed by atoms with van der Waals surface area (Å²) in [6, 6.07) is 7.17. The van der Waals surface area contributed by atoms with Crippen LogP contribution in [0.3, 0.4) is 0 Å². The Morgan fingerprint density at radius 1 is 1.35 bits per heavy atom. The molecule has 2 saturated heterocycles. The van der Waals surface area contributed by atoms with E-state index in [-0.39, 0.29) is 28.7 Å². The van der Waals surface area contributed by atoms with Gasteiger partial charge in [-0.1, -0.05) is 41.6 Å². The number of amides is 1. The van der Waals surface area contributed by atoms with Crippen LogP contribution in [0.15, 0.2) is 29.3 Å². The zero-order valence-electron chi connectivity index (χ0n) is 12.0. The minimum Gasteiger partial charge on any atom is -0.342 e. The summed E-state index contributed by atoms with van der Waals surface area (Å²) < 4.78 is 23.8. The Morgan fingerprint density at radius 3 is 2.78 bits per heavy atom. The number of hydrogen-bond donors (Lipinski definition) is 0. The van der Waals surface area contributed by atoms with Gasteiger partial charge in [-0.2, -0.15) is 4.99 Å². The molecule has 1 aromatic carbocycles. The lowest BCUT2D eigenvalue weighted by Crippen LogP contribution is -2.37. The maximum atomic E-state index is 11.9. The minimum absolute atomic E-state index is 0.0726. The quantitative estimate of drug-likeness (QED) is 0.737. The molecule has 3 rings (SSSR count). The van der Waals surface area contributed by atoms with Gasteiger partial charge in [0.25, 0.3) is 5.91 Å². The molecule has 2 heterocycles. The van der Waals surface area contributed by atoms with Crippen LogP contribution >= 0.6 is 35.0 Å². The first-order chi connectivity index (χ1) is 10.9. The lowest BCUT2D eigenvalue weighted by molar-refractivity contribution is -0.115. The number of benzene rings is 1. The van der Waals surface area contributed by atoms with Crippen LogP contribution in [0.1, 0.15) is 5.56 Å². The molecular formula is C14H14Cl2N2O3S2. The third-order valence-electron chi connectivity index (χ3n) is 3.81. The van der Waals surface area contributed by atoms with E-state index < -0.39 is 15.7 Å². The Kier molecular flexibility index (Phi) is 4.92. The van der Waals surface area contributed by atoms with Crippen LogP contribution in [0.25, 0.3) is 0 Å². The van der Waals surface area contributed by atoms with Crippen LogP contribution in [0, 0.1) is 0 Å². The smallest absolute Gasteiger partial charge is 0.262 e. The second-order valence-electron chi connectivity index (χ2n) is 5.44. The number of nitrogens with zero attached hydrogens (tertiary/aromatic N) is 2. The monoisotopic (exact) mass is 392 g/mol. The van der Waals surface area contributed by atoms with Crippen molar-refractivity contribution < 1.29 is 13.2 Å². The fourth-order valence-corrected chi connectivity index (χ4v) is 6.99. The van der Waals surface area contributed by atoms with Gasteiger partial charge in [0.2, 0.25) is 0 Å². The zero-order chi connectivity index (χ0) is 16.6. The molecule has 0 unspecified atom stereocenters. The van der Waals surface area contributed by atoms with Gasteiger partial charge in [0.05, 0.1) is 17.5 Å². The van der Waals surface area contributed by atoms with Gasteiger partial charge in [0.15, 0.2) is 15.0 Å². The molecular weight excluding hydrogens is 379 g/mol. The fourth-order valence-electron chi connectivity index (χ4n) is 2.77. The number of rotatable bonds is 3. The number of sulfone groups is 1. The van der Waals surface area contributed by atoms with E-state index in [1.807, 2.05) is 23.1 Å². The molecule has 2 atom stereocenters. The fraction of sp³-hybridized carbons (Fsp3) is 0.429. The number of amidine groups is 1. The number of alkyl halides is 1. The lowest BCUT2D eigenvalue weighted by atomic mass is 10.1. The highest BCUT2D eigenvalue weighted by Crippen LogP contribution is 2.39. The average Bonchev–Trinajstić information content (AvgIpc) is 2.94. The molecule has 124 valence electrons. The van der Waals surface area contributed by atoms with Gasteiger partial charge >= 0.3 is 0 Å². The van der Waals surface area contributed by atoms with Crippen LogP contribution in [-0.4, -0.2) is 53.1 Å². The van der Waals surface area contributed by atoms with Crippen molar-refractivity contribution in [1.82, 2.24) is 4.90 Å². The van der Waals surface area contributed by atoms with Gasteiger partial charge in [-0.15, -0.1) is 11.6 Å². The molecule has 1 amide bonds. The van der Waals surface area contributed by atoms with Crippen molar-refractivity contribution in [2.45, 2.75) is 17.8 Å². The molecule has 2 aliphatic rings. The van der Waals surface area contributed by atoms with Gasteiger partial charge in [0.1, 0.15) is 5.88 Å². The zero-order valence-corrected chi connectivity index (χ0v) is 15.1. The van der Waals surface area contributed by atoms with Crippen molar-refractivity contribution in [2.75, 3.05) is 17.4 Å². The van der Waals surface area contributed by atoms with Gasteiger partial charge < -0.3 is 4.90 Å². The van der Waals surface area contributed by atoms with E-state index in [0.29, 0.717) is 16.7 Å². The predicted octanol–water partition coefficient (Wildman–Crippen LogP) is 2.18. The summed E-state index contributed by atoms with van der Waals surface area (Å²) in [5, 5.41) is 1.02. The van der Waals surface area contributed by atoms with Crippen molar-refractivity contribution in [2.24, 2.45) is 4.99 Å². The number of aliphatic imine (C=N–C) groups is 1. The molecule has 5 nitrogen and oxygen atoms in total. The van der Waals surface area contributed by atoms with Gasteiger partial charge in [0, 0.05) is 16.8 Å². The number of carbonyl (C=O) groups is 1. The van der Waals surface area contributed by atoms with Crippen molar-refractivity contribution >= 4 is 55.9 Å². The summed E-state index contributed by atoms with van der Waals surface area (Å²) in [6.07, 6.45) is 0. The molecule has 0 saturated carbocycles. The molecule has 0 N–H and O–H groups in total. The molecule has 1 aromatic rings. The maximum Gasteiger partial charge on any atom is 0.262 e. The average molecular weight is 393 g/mol. The Balaban J connectivity index is 1.92. The molecule has 0 bridgehead atoms. The van der Waals surface area contributed by atoms with E-state index in [1.165, 1.54) is 11.8 Å². The minimum atomic E-state index is -3.06. The van der Waals surface area contributed by atoms with Gasteiger partial charge in [-0.3, -0.25) is 4.79 Å². The molecule has 0 radical (unpaired) electrons. The van der Waals surface area contributed by atoms with Crippen LogP contribution in [0.2, 0.25) is 5.02 Å². The molecule has 2 fully saturated rings. The summed E-state index contributed by atoms with van der Waals surface area (Å²) in [5.74, 6) is -0.447. The van der Waals surface area contributed by atoms with Crippen LogP contribution in [0.5, 0.6) is 0 Å². The van der Waals surface area contributed by atoms with Crippen molar-refractivity contribution in [3.05, 3.63) is 34.9 Å². The Hall–Kier alpha value is -0.760. The highest BCUT2D eigenvalue weighted by molar-refractivity contribution is 8.15. The number of hydrogen-bond acceptors (Lipinski definition) is 4. The molecule has 23 heavy (non-hydrogen) atoms. The molecule has 9 heteroatoms. The van der Waals surface area contributed by atoms with E-state index in [2.05, 4.69) is 4.99 Å². The first-order valence-corrected chi connectivity index (χ1v) is 10.6. The number of halogens is 2. The summed E-state index contributed by atoms with van der Waals surface area (Å²) >= 11 is 13.1. The SMILES string of the molecule is O=C(CCl)N=C1S[C@@H]2CS(=O)(=O)C[C@H]2N1Cc1ccccc1Cl. The second-order valence-corrected chi connectivity index (χ2v) is 9.48. The second kappa shape index (κ2) is 6.63. The standard InChI is InChI=1S/C14H14Cl2N2O3S2/c15-5-13(19)17-14-18(6-9-3-1-2-4-10(9)16)11-7-23(20,21)8-12(11)22-14/h1-4,11-12H,5-8H2/t11-,12-/m1/s1. The normalized spacial score (nSPS) is 27.4. The first-order valence-electron chi connectivity index (χ1n) is 6.94. The third-order valence-corrected chi connectivity index (χ3v) is 7.65. The van der Waals surface area contributed by atoms with Crippen LogP contribution in [0.4, 0.5) is 0 Å². The number of fused-ring (bicyclic) bond motifs is 1. The topological polar surface area (TPSA) is 66.8 Å². The number of carbonyl (C=O) groups excluding carboxylic acids is 1. The van der Waals surface area contributed by atoms with E-state index in [9.17, 15) is 13.2 Å². The maximum absolute atomic E-state index is 11.9. The van der Waals surface area contributed by atoms with Crippen molar-refractivity contribution in [3.63, 3.8) is 0 Å². The summed E-state index contributed by atoms with van der Waals surface area (Å²) in [4.78, 5) is 17.5. The molecule has 0 spiro atoms. The summed E-state index contributed by atoms with van der Waals surface area (Å²) in [5.41, 5.74) is 0.866. The van der Waals surface area contributed by atoms with Crippen molar-refractivity contribution in [3.8, 4) is 0 Å². The largest absolute Gasteiger partial charge is 0.342 e. The number of thioether (sulfide) groups is 1. The Bertz CT molecular complexity index is 767. The summed E-state index contributed by atoms with van der Waals surface area (Å²) in [7, 11) is -3.06. The van der Waals surface area contributed by atoms with E-state index >= 15 is 0 Å². The highest BCUT2D eigenvalue weighted by Gasteiger charge is 2.48. The summed E-state index contributed by atoms with van der Waals surface area (Å²) in [6.45, 7) is 0.414. The van der Waals surface area contributed by atoms with E-state index in [1.54, 1.807) is 6.07 Å². The highest BCUT2D eigenvalue weighted by atomic mass is 35.5.